The monoisotopic (exact) mass is 421 g/mol. The molecule has 2 N–H and O–H groups in total. The van der Waals surface area contributed by atoms with E-state index in [0.717, 1.165) is 5.56 Å². The molecule has 0 bridgehead atoms. The van der Waals surface area contributed by atoms with Crippen LogP contribution in [0.4, 0.5) is 5.69 Å². The lowest BCUT2D eigenvalue weighted by Gasteiger charge is -2.19. The quantitative estimate of drug-likeness (QED) is 0.479. The van der Waals surface area contributed by atoms with Gasteiger partial charge in [0.2, 0.25) is 5.91 Å². The molecule has 1 aliphatic rings. The molecule has 0 saturated heterocycles. The van der Waals surface area contributed by atoms with Crippen LogP contribution in [-0.2, 0) is 16.1 Å². The second-order valence-corrected chi connectivity index (χ2v) is 6.77. The Kier molecular flexibility index (Phi) is 5.63. The predicted molar refractivity (Wildman–Crippen MR) is 113 cm³/mol. The van der Waals surface area contributed by atoms with Crippen molar-refractivity contribution in [1.82, 2.24) is 10.3 Å². The van der Waals surface area contributed by atoms with Gasteiger partial charge in [0.05, 0.1) is 12.0 Å². The number of rotatable bonds is 5. The Bertz CT molecular complexity index is 1150. The highest BCUT2D eigenvalue weighted by molar-refractivity contribution is 6.29. The zero-order valence-corrected chi connectivity index (χ0v) is 16.3. The fourth-order valence-corrected chi connectivity index (χ4v) is 2.81. The number of nitrogens with zero attached hydrogens (tertiary/aromatic N) is 1. The van der Waals surface area contributed by atoms with E-state index in [-0.39, 0.29) is 17.6 Å². The number of benzene rings is 1. The first-order valence-electron chi connectivity index (χ1n) is 9.01. The molecule has 8 heteroatoms. The van der Waals surface area contributed by atoms with Crippen LogP contribution in [0.15, 0.2) is 71.2 Å². The number of furan rings is 1. The number of carbonyl (C=O) groups is 2. The van der Waals surface area contributed by atoms with E-state index in [0.29, 0.717) is 34.5 Å². The minimum atomic E-state index is -0.363. The van der Waals surface area contributed by atoms with Gasteiger partial charge in [0.15, 0.2) is 11.5 Å². The van der Waals surface area contributed by atoms with Gasteiger partial charge in [0, 0.05) is 30.5 Å². The van der Waals surface area contributed by atoms with Crippen molar-refractivity contribution in [2.24, 2.45) is 0 Å². The highest BCUT2D eigenvalue weighted by Gasteiger charge is 2.21. The molecule has 3 heterocycles. The van der Waals surface area contributed by atoms with Crippen molar-refractivity contribution in [1.29, 1.82) is 0 Å². The maximum atomic E-state index is 12.2. The van der Waals surface area contributed by atoms with Crippen LogP contribution < -0.4 is 15.4 Å². The summed E-state index contributed by atoms with van der Waals surface area (Å²) >= 11 is 5.73. The summed E-state index contributed by atoms with van der Waals surface area (Å²) in [6, 6.07) is 12.3. The maximum absolute atomic E-state index is 12.2. The normalized spacial score (nSPS) is 14.3. The van der Waals surface area contributed by atoms with E-state index >= 15 is 0 Å². The highest BCUT2D eigenvalue weighted by atomic mass is 35.5. The third-order valence-corrected chi connectivity index (χ3v) is 4.40. The molecule has 0 atom stereocenters. The van der Waals surface area contributed by atoms with Crippen molar-refractivity contribution in [2.45, 2.75) is 6.54 Å². The fourth-order valence-electron chi connectivity index (χ4n) is 2.69. The summed E-state index contributed by atoms with van der Waals surface area (Å²) < 4.78 is 11.1. The van der Waals surface area contributed by atoms with E-state index in [1.165, 1.54) is 18.4 Å². The van der Waals surface area contributed by atoms with Gasteiger partial charge in [0.1, 0.15) is 10.9 Å². The summed E-state index contributed by atoms with van der Waals surface area (Å²) in [5, 5.41) is 5.91. The minimum absolute atomic E-state index is 0.118. The molecule has 150 valence electrons. The lowest BCUT2D eigenvalue weighted by atomic mass is 10.2. The van der Waals surface area contributed by atoms with Crippen LogP contribution in [0.1, 0.15) is 16.9 Å². The summed E-state index contributed by atoms with van der Waals surface area (Å²) in [5.74, 6) is 0.471. The number of hydrogen-bond acceptors (Lipinski definition) is 5. The lowest BCUT2D eigenvalue weighted by Crippen LogP contribution is -2.23. The number of amides is 2. The summed E-state index contributed by atoms with van der Waals surface area (Å²) in [6.45, 7) is 0.337. The van der Waals surface area contributed by atoms with E-state index in [1.807, 2.05) is 12.1 Å². The Morgan fingerprint density at radius 2 is 2.10 bits per heavy atom. The number of aromatic nitrogens is 1. The molecule has 0 saturated carbocycles. The van der Waals surface area contributed by atoms with Crippen molar-refractivity contribution in [2.75, 3.05) is 5.32 Å². The number of para-hydroxylation sites is 2. The Hall–Kier alpha value is -3.84. The van der Waals surface area contributed by atoms with Crippen LogP contribution in [0.25, 0.3) is 12.2 Å². The standard InChI is InChI=1S/C22H16ClN3O4/c23-20-7-5-15(11-24-20)12-25-21(27)8-6-14-9-16(29-13-14)10-19-22(28)26-17-3-1-2-4-18(17)30-19/h1-11,13H,12H2,(H,25,27)(H,26,28)/b8-6+,19-10-. The Morgan fingerprint density at radius 3 is 2.93 bits per heavy atom. The van der Waals surface area contributed by atoms with Gasteiger partial charge in [0.25, 0.3) is 5.91 Å². The van der Waals surface area contributed by atoms with Crippen LogP contribution in [0.5, 0.6) is 5.75 Å². The van der Waals surface area contributed by atoms with Crippen LogP contribution in [-0.4, -0.2) is 16.8 Å². The van der Waals surface area contributed by atoms with Gasteiger partial charge < -0.3 is 19.8 Å². The average molecular weight is 422 g/mol. The molecular formula is C22H16ClN3O4. The van der Waals surface area contributed by atoms with E-state index in [9.17, 15) is 9.59 Å². The summed E-state index contributed by atoms with van der Waals surface area (Å²) in [6.07, 6.45) is 7.58. The summed E-state index contributed by atoms with van der Waals surface area (Å²) in [5.41, 5.74) is 2.12. The SMILES string of the molecule is O=C(/C=C/c1coc(/C=C2\Oc3ccccc3NC2=O)c1)NCc1ccc(Cl)nc1. The first-order chi connectivity index (χ1) is 14.6. The topological polar surface area (TPSA) is 93.5 Å². The van der Waals surface area contributed by atoms with Gasteiger partial charge in [-0.1, -0.05) is 29.8 Å². The van der Waals surface area contributed by atoms with E-state index in [2.05, 4.69) is 15.6 Å². The molecule has 2 aromatic heterocycles. The van der Waals surface area contributed by atoms with Crippen LogP contribution in [0, 0.1) is 0 Å². The lowest BCUT2D eigenvalue weighted by molar-refractivity contribution is -0.116. The van der Waals surface area contributed by atoms with E-state index < -0.39 is 0 Å². The number of anilines is 1. The van der Waals surface area contributed by atoms with E-state index in [4.69, 9.17) is 20.8 Å². The Labute approximate surface area is 177 Å². The van der Waals surface area contributed by atoms with Gasteiger partial charge in [-0.25, -0.2) is 4.98 Å². The van der Waals surface area contributed by atoms with Crippen molar-refractivity contribution < 1.29 is 18.7 Å². The molecule has 0 unspecified atom stereocenters. The molecule has 0 aliphatic carbocycles. The summed E-state index contributed by atoms with van der Waals surface area (Å²) in [7, 11) is 0. The number of ether oxygens (including phenoxy) is 1. The molecule has 0 spiro atoms. The minimum Gasteiger partial charge on any atom is -0.464 e. The number of fused-ring (bicyclic) bond motifs is 1. The van der Waals surface area contributed by atoms with Crippen molar-refractivity contribution >= 4 is 41.3 Å². The number of carbonyl (C=O) groups excluding carboxylic acids is 2. The molecule has 0 radical (unpaired) electrons. The molecule has 7 nitrogen and oxygen atoms in total. The summed E-state index contributed by atoms with van der Waals surface area (Å²) in [4.78, 5) is 28.1. The number of pyridine rings is 1. The predicted octanol–water partition coefficient (Wildman–Crippen LogP) is 4.03. The number of nitrogens with one attached hydrogen (secondary N) is 2. The van der Waals surface area contributed by atoms with Gasteiger partial charge >= 0.3 is 0 Å². The van der Waals surface area contributed by atoms with E-state index in [1.54, 1.807) is 42.6 Å². The van der Waals surface area contributed by atoms with Gasteiger partial charge in [-0.2, -0.15) is 0 Å². The molecule has 0 fully saturated rings. The van der Waals surface area contributed by atoms with Crippen LogP contribution in [0.2, 0.25) is 5.15 Å². The van der Waals surface area contributed by atoms with Crippen LogP contribution in [0.3, 0.4) is 0 Å². The third kappa shape index (κ3) is 4.76. The van der Waals surface area contributed by atoms with Crippen molar-refractivity contribution in [3.63, 3.8) is 0 Å². The van der Waals surface area contributed by atoms with Gasteiger partial charge in [-0.3, -0.25) is 9.59 Å². The second kappa shape index (κ2) is 8.67. The number of hydrogen-bond donors (Lipinski definition) is 2. The molecule has 30 heavy (non-hydrogen) atoms. The maximum Gasteiger partial charge on any atom is 0.291 e. The largest absolute Gasteiger partial charge is 0.464 e. The molecule has 1 aromatic carbocycles. The zero-order chi connectivity index (χ0) is 20.9. The Morgan fingerprint density at radius 1 is 1.23 bits per heavy atom. The molecule has 4 rings (SSSR count). The van der Waals surface area contributed by atoms with Crippen molar-refractivity contribution in [3.05, 3.63) is 88.8 Å². The molecule has 1 aliphatic heterocycles. The number of halogens is 1. The smallest absolute Gasteiger partial charge is 0.291 e. The second-order valence-electron chi connectivity index (χ2n) is 6.38. The first-order valence-corrected chi connectivity index (χ1v) is 9.39. The highest BCUT2D eigenvalue weighted by Crippen LogP contribution is 2.31. The van der Waals surface area contributed by atoms with Gasteiger partial charge in [-0.05, 0) is 35.9 Å². The Balaban J connectivity index is 1.37. The van der Waals surface area contributed by atoms with Crippen molar-refractivity contribution in [3.8, 4) is 5.75 Å². The average Bonchev–Trinajstić information content (AvgIpc) is 3.20. The van der Waals surface area contributed by atoms with Crippen LogP contribution >= 0.6 is 11.6 Å². The molecule has 3 aromatic rings. The fraction of sp³-hybridized carbons (Fsp3) is 0.0455. The molecular weight excluding hydrogens is 406 g/mol. The van der Waals surface area contributed by atoms with Gasteiger partial charge in [-0.15, -0.1) is 0 Å². The zero-order valence-electron chi connectivity index (χ0n) is 15.6. The first kappa shape index (κ1) is 19.5. The third-order valence-electron chi connectivity index (χ3n) is 4.17. The molecule has 2 amide bonds.